The van der Waals surface area contributed by atoms with Crippen LogP contribution in [0.5, 0.6) is 17.2 Å². The van der Waals surface area contributed by atoms with E-state index in [-0.39, 0.29) is 30.0 Å². The lowest BCUT2D eigenvalue weighted by Crippen LogP contribution is -2.32. The fourth-order valence-corrected chi connectivity index (χ4v) is 4.69. The summed E-state index contributed by atoms with van der Waals surface area (Å²) in [5, 5.41) is 14.0. The van der Waals surface area contributed by atoms with Crippen LogP contribution < -0.4 is 14.8 Å². The maximum absolute atomic E-state index is 11.3. The molecule has 0 aliphatic carbocycles. The van der Waals surface area contributed by atoms with Crippen LogP contribution >= 0.6 is 0 Å². The van der Waals surface area contributed by atoms with Gasteiger partial charge in [-0.2, -0.15) is 0 Å². The molecule has 0 spiro atoms. The first-order valence-corrected chi connectivity index (χ1v) is 10.6. The number of fused-ring (bicyclic) bond motifs is 5. The average molecular weight is 436 g/mol. The monoisotopic (exact) mass is 435 g/mol. The van der Waals surface area contributed by atoms with E-state index >= 15 is 0 Å². The Morgan fingerprint density at radius 2 is 2.00 bits per heavy atom. The molecule has 0 radical (unpaired) electrons. The molecule has 1 atom stereocenters. The van der Waals surface area contributed by atoms with Crippen molar-refractivity contribution < 1.29 is 24.1 Å². The predicted octanol–water partition coefficient (Wildman–Crippen LogP) is 5.62. The highest BCUT2D eigenvalue weighted by atomic mass is 16.5. The van der Waals surface area contributed by atoms with Gasteiger partial charge in [0.15, 0.2) is 11.5 Å². The number of allylic oxidation sites excluding steroid dienone is 1. The second-order valence-corrected chi connectivity index (χ2v) is 8.96. The van der Waals surface area contributed by atoms with Gasteiger partial charge in [0.25, 0.3) is 0 Å². The lowest BCUT2D eigenvalue weighted by molar-refractivity contribution is -0.140. The molecule has 2 aromatic rings. The van der Waals surface area contributed by atoms with E-state index in [1.54, 1.807) is 12.1 Å². The number of esters is 1. The smallest absolute Gasteiger partial charge is 0.302 e. The number of carbonyl (C=O) groups is 1. The molecule has 2 aliphatic heterocycles. The molecule has 2 aromatic carbocycles. The molecule has 0 aromatic heterocycles. The first-order valence-electron chi connectivity index (χ1n) is 10.6. The number of phenols is 1. The summed E-state index contributed by atoms with van der Waals surface area (Å²) in [5.41, 5.74) is 6.49. The van der Waals surface area contributed by atoms with Crippen molar-refractivity contribution in [2.75, 3.05) is 19.0 Å². The van der Waals surface area contributed by atoms with Crippen molar-refractivity contribution in [1.82, 2.24) is 0 Å². The van der Waals surface area contributed by atoms with Crippen LogP contribution in [0.3, 0.4) is 0 Å². The summed E-state index contributed by atoms with van der Waals surface area (Å²) in [4.78, 5) is 11.3. The quantitative estimate of drug-likeness (QED) is 0.469. The van der Waals surface area contributed by atoms with Gasteiger partial charge in [0.2, 0.25) is 0 Å². The van der Waals surface area contributed by atoms with Gasteiger partial charge >= 0.3 is 5.97 Å². The summed E-state index contributed by atoms with van der Waals surface area (Å²) >= 11 is 0. The second kappa shape index (κ2) is 7.93. The third-order valence-electron chi connectivity index (χ3n) is 5.79. The second-order valence-electron chi connectivity index (χ2n) is 8.96. The largest absolute Gasteiger partial charge is 0.504 e. The maximum Gasteiger partial charge on any atom is 0.302 e. The zero-order valence-electron chi connectivity index (χ0n) is 19.2. The molecule has 6 nitrogen and oxygen atoms in total. The lowest BCUT2D eigenvalue weighted by atomic mass is 9.80. The number of aromatic hydroxyl groups is 1. The van der Waals surface area contributed by atoms with Crippen molar-refractivity contribution in [3.05, 3.63) is 53.6 Å². The molecule has 0 fully saturated rings. The minimum absolute atomic E-state index is 0.0581. The van der Waals surface area contributed by atoms with Gasteiger partial charge in [-0.3, -0.25) is 4.79 Å². The van der Waals surface area contributed by atoms with Crippen LogP contribution in [0.2, 0.25) is 0 Å². The molecule has 6 heteroatoms. The van der Waals surface area contributed by atoms with Crippen LogP contribution in [0.15, 0.2) is 42.5 Å². The molecule has 0 bridgehead atoms. The van der Waals surface area contributed by atoms with Crippen LogP contribution in [-0.2, 0) is 9.53 Å². The Hall–Kier alpha value is -3.41. The highest BCUT2D eigenvalue weighted by Gasteiger charge is 2.35. The van der Waals surface area contributed by atoms with Crippen LogP contribution in [0.4, 0.5) is 5.69 Å². The van der Waals surface area contributed by atoms with Gasteiger partial charge in [0.05, 0.1) is 18.2 Å². The van der Waals surface area contributed by atoms with Gasteiger partial charge in [-0.05, 0) is 55.7 Å². The highest BCUT2D eigenvalue weighted by molar-refractivity contribution is 5.92. The summed E-state index contributed by atoms with van der Waals surface area (Å²) in [6.07, 6.45) is 2.35. The third kappa shape index (κ3) is 3.81. The van der Waals surface area contributed by atoms with E-state index in [1.165, 1.54) is 14.0 Å². The van der Waals surface area contributed by atoms with Crippen LogP contribution in [0.25, 0.3) is 16.7 Å². The van der Waals surface area contributed by atoms with Crippen molar-refractivity contribution >= 4 is 17.2 Å². The van der Waals surface area contributed by atoms with E-state index in [4.69, 9.17) is 14.2 Å². The molecule has 0 amide bonds. The van der Waals surface area contributed by atoms with Gasteiger partial charge in [-0.25, -0.2) is 0 Å². The molecule has 4 rings (SSSR count). The fraction of sp³-hybridized carbons (Fsp3) is 0.346. The van der Waals surface area contributed by atoms with Gasteiger partial charge < -0.3 is 24.6 Å². The van der Waals surface area contributed by atoms with Crippen molar-refractivity contribution in [3.63, 3.8) is 0 Å². The van der Waals surface area contributed by atoms with E-state index in [2.05, 4.69) is 44.8 Å². The van der Waals surface area contributed by atoms with Crippen LogP contribution in [-0.4, -0.2) is 30.3 Å². The number of ether oxygens (including phenoxy) is 3. The number of methoxy groups -OCH3 is 1. The molecule has 1 unspecified atom stereocenters. The van der Waals surface area contributed by atoms with Gasteiger partial charge in [-0.1, -0.05) is 18.7 Å². The van der Waals surface area contributed by atoms with Crippen LogP contribution in [0.1, 0.15) is 51.3 Å². The molecular formula is C26H29NO5. The zero-order valence-corrected chi connectivity index (χ0v) is 19.2. The highest BCUT2D eigenvalue weighted by Crippen LogP contribution is 2.54. The number of carbonyl (C=O) groups excluding carboxylic acids is 1. The van der Waals surface area contributed by atoms with E-state index in [1.807, 2.05) is 6.07 Å². The van der Waals surface area contributed by atoms with Crippen molar-refractivity contribution in [2.24, 2.45) is 0 Å². The van der Waals surface area contributed by atoms with Crippen molar-refractivity contribution in [2.45, 2.75) is 45.8 Å². The first-order chi connectivity index (χ1) is 15.1. The minimum Gasteiger partial charge on any atom is -0.504 e. The predicted molar refractivity (Wildman–Crippen MR) is 125 cm³/mol. The Morgan fingerprint density at radius 3 is 2.69 bits per heavy atom. The molecule has 0 saturated heterocycles. The summed E-state index contributed by atoms with van der Waals surface area (Å²) < 4.78 is 17.1. The Morgan fingerprint density at radius 1 is 1.25 bits per heavy atom. The standard InChI is InChI=1S/C26H29NO5/c1-14(13-31-16(3)28)11-21-23-17(24-20(32-21)10-9-19(29)25(24)30-6)7-8-18-22(23)15(2)12-26(4,5)27-18/h7-10,12,21,27,29H,1,11,13H2,2-6H3. The molecule has 2 N–H and O–H groups in total. The van der Waals surface area contributed by atoms with E-state index < -0.39 is 0 Å². The van der Waals surface area contributed by atoms with Gasteiger partial charge in [0, 0.05) is 30.2 Å². The number of benzene rings is 2. The Labute approximate surface area is 188 Å². The first kappa shape index (κ1) is 21.8. The Balaban J connectivity index is 1.89. The van der Waals surface area contributed by atoms with Gasteiger partial charge in [-0.15, -0.1) is 0 Å². The summed E-state index contributed by atoms with van der Waals surface area (Å²) in [6.45, 7) is 12.0. The fourth-order valence-electron chi connectivity index (χ4n) is 4.69. The number of anilines is 1. The number of rotatable bonds is 5. The van der Waals surface area contributed by atoms with Crippen molar-refractivity contribution in [1.29, 1.82) is 0 Å². The van der Waals surface area contributed by atoms with E-state index in [0.29, 0.717) is 17.9 Å². The summed E-state index contributed by atoms with van der Waals surface area (Å²) in [7, 11) is 1.54. The number of hydrogen-bond donors (Lipinski definition) is 2. The molecule has 168 valence electrons. The normalized spacial score (nSPS) is 17.5. The Bertz CT molecular complexity index is 1150. The lowest BCUT2D eigenvalue weighted by Gasteiger charge is -2.37. The molecule has 2 heterocycles. The van der Waals surface area contributed by atoms with Crippen molar-refractivity contribution in [3.8, 4) is 28.4 Å². The minimum atomic E-state index is -0.343. The Kier molecular flexibility index (Phi) is 5.41. The SMILES string of the molecule is C=C(COC(C)=O)CC1Oc2ccc(O)c(OC)c2-c2ccc3c(c21)C(C)=CC(C)(C)N3. The maximum atomic E-state index is 11.3. The molecule has 2 aliphatic rings. The van der Waals surface area contributed by atoms with Gasteiger partial charge in [0.1, 0.15) is 18.5 Å². The number of nitrogens with one attached hydrogen (secondary N) is 1. The third-order valence-corrected chi connectivity index (χ3v) is 5.79. The topological polar surface area (TPSA) is 77.0 Å². The molecular weight excluding hydrogens is 406 g/mol. The number of phenolic OH excluding ortho intramolecular Hbond substituents is 1. The summed E-state index contributed by atoms with van der Waals surface area (Å²) in [6, 6.07) is 7.43. The molecule has 32 heavy (non-hydrogen) atoms. The zero-order chi connectivity index (χ0) is 23.2. The van der Waals surface area contributed by atoms with Crippen LogP contribution in [0, 0.1) is 0 Å². The van der Waals surface area contributed by atoms with E-state index in [9.17, 15) is 9.90 Å². The summed E-state index contributed by atoms with van der Waals surface area (Å²) in [5.74, 6) is 0.724. The molecule has 0 saturated carbocycles. The average Bonchev–Trinajstić information content (AvgIpc) is 2.71. The number of hydrogen-bond acceptors (Lipinski definition) is 6. The van der Waals surface area contributed by atoms with E-state index in [0.717, 1.165) is 39.1 Å².